The summed E-state index contributed by atoms with van der Waals surface area (Å²) >= 11 is 0. The first-order chi connectivity index (χ1) is 9.41. The van der Waals surface area contributed by atoms with Crippen molar-refractivity contribution in [2.75, 3.05) is 13.7 Å². The number of carbonyl (C=O) groups excluding carboxylic acids is 1. The van der Waals surface area contributed by atoms with E-state index >= 15 is 0 Å². The summed E-state index contributed by atoms with van der Waals surface area (Å²) in [6, 6.07) is 4.41. The van der Waals surface area contributed by atoms with E-state index in [1.807, 2.05) is 0 Å². The molecule has 0 amide bonds. The summed E-state index contributed by atoms with van der Waals surface area (Å²) in [6.45, 7) is -0.668. The van der Waals surface area contributed by atoms with Crippen molar-refractivity contribution in [2.45, 2.75) is 18.4 Å². The Kier molecular flexibility index (Phi) is 3.96. The molecule has 1 aromatic rings. The van der Waals surface area contributed by atoms with Crippen LogP contribution in [-0.2, 0) is 9.53 Å². The number of methoxy groups -OCH3 is 1. The van der Waals surface area contributed by atoms with Crippen LogP contribution in [0, 0.1) is 5.82 Å². The number of ether oxygens (including phenoxy) is 1. The van der Waals surface area contributed by atoms with Gasteiger partial charge in [0.1, 0.15) is 12.4 Å². The highest BCUT2D eigenvalue weighted by molar-refractivity contribution is 5.80. The van der Waals surface area contributed by atoms with Gasteiger partial charge in [-0.1, -0.05) is 12.1 Å². The van der Waals surface area contributed by atoms with Gasteiger partial charge in [-0.2, -0.15) is 5.10 Å². The zero-order chi connectivity index (χ0) is 14.8. The quantitative estimate of drug-likeness (QED) is 0.631. The van der Waals surface area contributed by atoms with E-state index < -0.39 is 36.7 Å². The van der Waals surface area contributed by atoms with Gasteiger partial charge in [-0.15, -0.1) is 0 Å². The lowest BCUT2D eigenvalue weighted by atomic mass is 10.2. The van der Waals surface area contributed by atoms with Gasteiger partial charge in [0.15, 0.2) is 6.04 Å². The van der Waals surface area contributed by atoms with Crippen molar-refractivity contribution in [1.29, 1.82) is 0 Å². The average molecular weight is 286 g/mol. The third-order valence-electron chi connectivity index (χ3n) is 2.92. The number of alkyl halides is 2. The van der Waals surface area contributed by atoms with Gasteiger partial charge in [-0.25, -0.2) is 18.0 Å². The van der Waals surface area contributed by atoms with Crippen LogP contribution in [0.15, 0.2) is 29.4 Å². The van der Waals surface area contributed by atoms with Gasteiger partial charge >= 0.3 is 5.97 Å². The first-order valence-corrected chi connectivity index (χ1v) is 5.93. The molecule has 0 N–H and O–H groups in total. The minimum Gasteiger partial charge on any atom is -0.467 e. The Morgan fingerprint density at radius 2 is 2.30 bits per heavy atom. The normalized spacial score (nSPS) is 21.4. The van der Waals surface area contributed by atoms with Crippen molar-refractivity contribution < 1.29 is 22.7 Å². The molecule has 4 nitrogen and oxygen atoms in total. The number of rotatable bonds is 3. The van der Waals surface area contributed by atoms with E-state index in [0.717, 1.165) is 12.1 Å². The maximum Gasteiger partial charge on any atom is 0.330 e. The van der Waals surface area contributed by atoms with Crippen molar-refractivity contribution >= 4 is 12.2 Å². The lowest BCUT2D eigenvalue weighted by Gasteiger charge is -2.17. The van der Waals surface area contributed by atoms with Gasteiger partial charge in [0.05, 0.1) is 13.3 Å². The van der Waals surface area contributed by atoms with E-state index in [4.69, 9.17) is 0 Å². The predicted molar refractivity (Wildman–Crippen MR) is 66.1 cm³/mol. The molecule has 7 heteroatoms. The third kappa shape index (κ3) is 3.28. The van der Waals surface area contributed by atoms with Crippen molar-refractivity contribution in [1.82, 2.24) is 5.01 Å². The van der Waals surface area contributed by atoms with Crippen LogP contribution in [0.2, 0.25) is 0 Å². The van der Waals surface area contributed by atoms with Gasteiger partial charge in [-0.3, -0.25) is 5.01 Å². The highest BCUT2D eigenvalue weighted by Crippen LogP contribution is 2.32. The molecule has 1 aromatic carbocycles. The molecule has 1 saturated heterocycles. The Bertz CT molecular complexity index is 534. The standard InChI is InChI=1S/C13H13F3N2O2/c1-20-12(19)11-6-13(15,16)8-18(11)17-7-9-3-2-4-10(14)5-9/h2-5,7,11H,6,8H2,1H3/t11-/m0/s1. The summed E-state index contributed by atoms with van der Waals surface area (Å²) in [4.78, 5) is 11.4. The van der Waals surface area contributed by atoms with E-state index in [1.54, 1.807) is 6.07 Å². The summed E-state index contributed by atoms with van der Waals surface area (Å²) in [5.74, 6) is -4.22. The highest BCUT2D eigenvalue weighted by atomic mass is 19.3. The van der Waals surface area contributed by atoms with Gasteiger partial charge in [-0.05, 0) is 17.7 Å². The summed E-state index contributed by atoms with van der Waals surface area (Å²) < 4.78 is 44.2. The topological polar surface area (TPSA) is 41.9 Å². The molecule has 0 spiro atoms. The Morgan fingerprint density at radius 1 is 1.55 bits per heavy atom. The zero-order valence-corrected chi connectivity index (χ0v) is 10.7. The number of hydrogen-bond acceptors (Lipinski definition) is 4. The predicted octanol–water partition coefficient (Wildman–Crippen LogP) is 2.04. The van der Waals surface area contributed by atoms with Crippen LogP contribution in [0.5, 0.6) is 0 Å². The zero-order valence-electron chi connectivity index (χ0n) is 10.7. The Morgan fingerprint density at radius 3 is 2.95 bits per heavy atom. The van der Waals surface area contributed by atoms with Crippen LogP contribution in [0.1, 0.15) is 12.0 Å². The number of nitrogens with zero attached hydrogens (tertiary/aromatic N) is 2. The van der Waals surface area contributed by atoms with E-state index in [9.17, 15) is 18.0 Å². The fourth-order valence-electron chi connectivity index (χ4n) is 1.99. The minimum atomic E-state index is -3.00. The second-order valence-electron chi connectivity index (χ2n) is 4.50. The molecule has 1 atom stereocenters. The molecule has 0 saturated carbocycles. The van der Waals surface area contributed by atoms with Crippen LogP contribution < -0.4 is 0 Å². The van der Waals surface area contributed by atoms with Gasteiger partial charge < -0.3 is 4.74 Å². The summed E-state index contributed by atoms with van der Waals surface area (Å²) in [7, 11) is 1.13. The molecule has 1 heterocycles. The Balaban J connectivity index is 2.15. The highest BCUT2D eigenvalue weighted by Gasteiger charge is 2.48. The van der Waals surface area contributed by atoms with Crippen molar-refractivity contribution in [2.24, 2.45) is 5.10 Å². The Labute approximate surface area is 113 Å². The molecule has 0 bridgehead atoms. The lowest BCUT2D eigenvalue weighted by Crippen LogP contribution is -2.33. The second-order valence-corrected chi connectivity index (χ2v) is 4.50. The van der Waals surface area contributed by atoms with E-state index in [-0.39, 0.29) is 0 Å². The van der Waals surface area contributed by atoms with Crippen molar-refractivity contribution in [3.63, 3.8) is 0 Å². The molecule has 1 fully saturated rings. The second kappa shape index (κ2) is 5.52. The van der Waals surface area contributed by atoms with E-state index in [1.165, 1.54) is 24.4 Å². The molecular weight excluding hydrogens is 273 g/mol. The number of halogens is 3. The number of benzene rings is 1. The summed E-state index contributed by atoms with van der Waals surface area (Å²) in [5, 5.41) is 4.81. The van der Waals surface area contributed by atoms with Gasteiger partial charge in [0, 0.05) is 6.42 Å². The molecular formula is C13H13F3N2O2. The molecule has 20 heavy (non-hydrogen) atoms. The summed E-state index contributed by atoms with van der Waals surface area (Å²) in [6.07, 6.45) is 0.598. The van der Waals surface area contributed by atoms with Crippen LogP contribution in [0.3, 0.4) is 0 Å². The van der Waals surface area contributed by atoms with Crippen LogP contribution in [0.4, 0.5) is 13.2 Å². The first-order valence-electron chi connectivity index (χ1n) is 5.93. The SMILES string of the molecule is COC(=O)[C@@H]1CC(F)(F)CN1N=Cc1cccc(F)c1. The molecule has 0 unspecified atom stereocenters. The monoisotopic (exact) mass is 286 g/mol. The summed E-state index contributed by atoms with van der Waals surface area (Å²) in [5.41, 5.74) is 0.420. The maximum absolute atomic E-state index is 13.3. The minimum absolute atomic E-state index is 0.420. The molecule has 0 aromatic heterocycles. The van der Waals surface area contributed by atoms with Crippen LogP contribution in [0.25, 0.3) is 0 Å². The molecule has 1 aliphatic heterocycles. The number of hydrogen-bond donors (Lipinski definition) is 0. The molecule has 1 aliphatic rings. The molecule has 108 valence electrons. The third-order valence-corrected chi connectivity index (χ3v) is 2.92. The van der Waals surface area contributed by atoms with Crippen LogP contribution >= 0.6 is 0 Å². The van der Waals surface area contributed by atoms with E-state index in [2.05, 4.69) is 9.84 Å². The number of carbonyl (C=O) groups is 1. The average Bonchev–Trinajstić information content (AvgIpc) is 2.71. The molecule has 2 rings (SSSR count). The maximum atomic E-state index is 13.3. The largest absolute Gasteiger partial charge is 0.467 e. The van der Waals surface area contributed by atoms with Gasteiger partial charge in [0.2, 0.25) is 0 Å². The first kappa shape index (κ1) is 14.4. The molecule has 0 radical (unpaired) electrons. The van der Waals surface area contributed by atoms with Crippen molar-refractivity contribution in [3.8, 4) is 0 Å². The molecule has 0 aliphatic carbocycles. The lowest BCUT2D eigenvalue weighted by molar-refractivity contribution is -0.146. The van der Waals surface area contributed by atoms with E-state index in [0.29, 0.717) is 5.56 Å². The Hall–Kier alpha value is -2.05. The van der Waals surface area contributed by atoms with Crippen molar-refractivity contribution in [3.05, 3.63) is 35.6 Å². The van der Waals surface area contributed by atoms with Crippen LogP contribution in [-0.4, -0.2) is 42.8 Å². The number of esters is 1. The van der Waals surface area contributed by atoms with Gasteiger partial charge in [0.25, 0.3) is 5.92 Å². The number of hydrazone groups is 1. The smallest absolute Gasteiger partial charge is 0.330 e. The fraction of sp³-hybridized carbons (Fsp3) is 0.385. The fourth-order valence-corrected chi connectivity index (χ4v) is 1.99.